The number of carbonyl (C=O) groups is 2. The van der Waals surface area contributed by atoms with Crippen LogP contribution in [0, 0.1) is 5.92 Å². The summed E-state index contributed by atoms with van der Waals surface area (Å²) in [6.07, 6.45) is 22.8. The number of H-pyrrole nitrogens is 1. The highest BCUT2D eigenvalue weighted by Crippen LogP contribution is 2.37. The lowest BCUT2D eigenvalue weighted by Gasteiger charge is -2.33. The van der Waals surface area contributed by atoms with Crippen molar-refractivity contribution in [3.63, 3.8) is 0 Å². The molecule has 2 unspecified atom stereocenters. The third kappa shape index (κ3) is 8.10. The van der Waals surface area contributed by atoms with Gasteiger partial charge in [-0.05, 0) is 30.5 Å². The summed E-state index contributed by atoms with van der Waals surface area (Å²) in [5, 5.41) is 1.00. The van der Waals surface area contributed by atoms with Gasteiger partial charge in [0.25, 0.3) is 0 Å². The summed E-state index contributed by atoms with van der Waals surface area (Å²) in [6.45, 7) is 4.51. The van der Waals surface area contributed by atoms with E-state index in [-0.39, 0.29) is 5.78 Å². The number of anilines is 1. The van der Waals surface area contributed by atoms with Gasteiger partial charge in [-0.15, -0.1) is 0 Å². The Kier molecular flexibility index (Phi) is 12.3. The molecule has 1 aromatic carbocycles. The van der Waals surface area contributed by atoms with E-state index in [0.29, 0.717) is 23.6 Å². The summed E-state index contributed by atoms with van der Waals surface area (Å²) in [5.74, 6) is -0.321. The molecule has 1 N–H and O–H groups in total. The van der Waals surface area contributed by atoms with Gasteiger partial charge in [-0.25, -0.2) is 0 Å². The number of ketones is 2. The first-order chi connectivity index (χ1) is 17.6. The average molecular weight is 515 g/mol. The summed E-state index contributed by atoms with van der Waals surface area (Å²) < 4.78 is 1.56. The molecule has 4 nitrogen and oxygen atoms in total. The second kappa shape index (κ2) is 15.4. The molecule has 0 fully saturated rings. The number of aromatic nitrogens is 1. The van der Waals surface area contributed by atoms with Crippen LogP contribution < -0.4 is 4.42 Å². The first-order valence-corrected chi connectivity index (χ1v) is 15.0. The van der Waals surface area contributed by atoms with Crippen LogP contribution in [-0.4, -0.2) is 22.6 Å². The highest BCUT2D eigenvalue weighted by Gasteiger charge is 2.40. The van der Waals surface area contributed by atoms with Crippen molar-refractivity contribution >= 4 is 39.9 Å². The maximum absolute atomic E-state index is 13.2. The van der Waals surface area contributed by atoms with E-state index in [4.69, 9.17) is 11.8 Å². The standard InChI is InChI=1S/C31H47ClN2O2/c1-3-5-7-9-11-12-14-16-18-24(17-15-13-10-8-6-4-2)21-29-31(36)30(35)26-23-27-25(19-20-33-27)22-28(26)34(29)32/h19-20,22-24,29,33H,3-18,21H2,1-2H3. The Bertz CT molecular complexity index is 953. The van der Waals surface area contributed by atoms with Crippen LogP contribution in [0.2, 0.25) is 0 Å². The minimum absolute atomic E-state index is 0.354. The number of benzene rings is 1. The first-order valence-electron chi connectivity index (χ1n) is 14.7. The molecule has 0 aliphatic carbocycles. The predicted molar refractivity (Wildman–Crippen MR) is 153 cm³/mol. The fourth-order valence-corrected chi connectivity index (χ4v) is 5.99. The van der Waals surface area contributed by atoms with E-state index in [1.54, 1.807) is 10.5 Å². The normalized spacial score (nSPS) is 16.6. The molecular formula is C31H47ClN2O2. The van der Waals surface area contributed by atoms with Gasteiger partial charge in [0.2, 0.25) is 11.6 Å². The molecule has 2 aromatic rings. The van der Waals surface area contributed by atoms with Gasteiger partial charge < -0.3 is 4.98 Å². The topological polar surface area (TPSA) is 53.2 Å². The number of hydrogen-bond donors (Lipinski definition) is 1. The average Bonchev–Trinajstić information content (AvgIpc) is 3.35. The lowest BCUT2D eigenvalue weighted by Crippen LogP contribution is -2.45. The Hall–Kier alpha value is -1.81. The van der Waals surface area contributed by atoms with E-state index in [2.05, 4.69) is 18.8 Å². The number of nitrogens with zero attached hydrogens (tertiary/aromatic N) is 1. The molecule has 0 saturated carbocycles. The van der Waals surface area contributed by atoms with Crippen LogP contribution in [0.15, 0.2) is 24.4 Å². The molecule has 36 heavy (non-hydrogen) atoms. The number of halogens is 1. The number of hydrogen-bond acceptors (Lipinski definition) is 3. The smallest absolute Gasteiger partial charge is 0.233 e. The van der Waals surface area contributed by atoms with Crippen LogP contribution in [0.4, 0.5) is 5.69 Å². The third-order valence-electron chi connectivity index (χ3n) is 7.93. The number of unbranched alkanes of at least 4 members (excludes halogenated alkanes) is 12. The Labute approximate surface area is 223 Å². The Morgan fingerprint density at radius 3 is 1.97 bits per heavy atom. The van der Waals surface area contributed by atoms with Crippen molar-refractivity contribution in [2.45, 2.75) is 129 Å². The van der Waals surface area contributed by atoms with Gasteiger partial charge in [-0.3, -0.25) is 14.0 Å². The minimum atomic E-state index is -0.567. The lowest BCUT2D eigenvalue weighted by molar-refractivity contribution is -0.116. The van der Waals surface area contributed by atoms with Crippen molar-refractivity contribution in [1.29, 1.82) is 0 Å². The van der Waals surface area contributed by atoms with Crippen molar-refractivity contribution in [3.8, 4) is 0 Å². The van der Waals surface area contributed by atoms with Crippen LogP contribution in [0.5, 0.6) is 0 Å². The fraction of sp³-hybridized carbons (Fsp3) is 0.677. The van der Waals surface area contributed by atoms with Gasteiger partial charge in [-0.1, -0.05) is 117 Å². The first kappa shape index (κ1) is 28.8. The van der Waals surface area contributed by atoms with Crippen LogP contribution >= 0.6 is 11.8 Å². The van der Waals surface area contributed by atoms with Crippen molar-refractivity contribution in [1.82, 2.24) is 4.98 Å². The molecule has 1 aromatic heterocycles. The lowest BCUT2D eigenvalue weighted by atomic mass is 9.84. The van der Waals surface area contributed by atoms with Gasteiger partial charge in [0.1, 0.15) is 6.04 Å². The second-order valence-corrected chi connectivity index (χ2v) is 11.2. The van der Waals surface area contributed by atoms with Crippen molar-refractivity contribution < 1.29 is 9.59 Å². The van der Waals surface area contributed by atoms with E-state index >= 15 is 0 Å². The summed E-state index contributed by atoms with van der Waals surface area (Å²) in [4.78, 5) is 29.3. The molecule has 0 spiro atoms. The van der Waals surface area contributed by atoms with E-state index in [0.717, 1.165) is 23.7 Å². The van der Waals surface area contributed by atoms with Crippen LogP contribution in [-0.2, 0) is 4.79 Å². The quantitative estimate of drug-likeness (QED) is 0.122. The van der Waals surface area contributed by atoms with Gasteiger partial charge in [0.15, 0.2) is 0 Å². The SMILES string of the molecule is CCCCCCCCCCC(CCCCCCCC)CC1C(=O)C(=O)c2cc3[nH]ccc3cc2N1Cl. The van der Waals surface area contributed by atoms with E-state index in [9.17, 15) is 9.59 Å². The molecule has 0 bridgehead atoms. The molecule has 2 heterocycles. The molecule has 0 amide bonds. The summed E-state index contributed by atoms with van der Waals surface area (Å²) >= 11 is 6.80. The van der Waals surface area contributed by atoms with E-state index in [1.807, 2.05) is 18.3 Å². The summed E-state index contributed by atoms with van der Waals surface area (Å²) in [5.41, 5.74) is 1.94. The zero-order valence-electron chi connectivity index (χ0n) is 22.6. The zero-order valence-corrected chi connectivity index (χ0v) is 23.4. The zero-order chi connectivity index (χ0) is 25.8. The molecule has 1 aliphatic heterocycles. The predicted octanol–water partition coefficient (Wildman–Crippen LogP) is 9.55. The van der Waals surface area contributed by atoms with Crippen LogP contribution in [0.1, 0.15) is 133 Å². The molecule has 0 saturated heterocycles. The second-order valence-electron chi connectivity index (χ2n) is 10.9. The Morgan fingerprint density at radius 2 is 1.39 bits per heavy atom. The third-order valence-corrected chi connectivity index (χ3v) is 8.35. The van der Waals surface area contributed by atoms with Crippen LogP contribution in [0.25, 0.3) is 10.9 Å². The maximum Gasteiger partial charge on any atom is 0.233 e. The van der Waals surface area contributed by atoms with Gasteiger partial charge in [0, 0.05) is 28.9 Å². The molecule has 2 atom stereocenters. The number of rotatable bonds is 18. The number of nitrogens with one attached hydrogen (secondary N) is 1. The van der Waals surface area contributed by atoms with Crippen molar-refractivity contribution in [3.05, 3.63) is 30.0 Å². The largest absolute Gasteiger partial charge is 0.361 e. The van der Waals surface area contributed by atoms with Crippen molar-refractivity contribution in [2.24, 2.45) is 5.92 Å². The molecule has 5 heteroatoms. The number of carbonyl (C=O) groups excluding carboxylic acids is 2. The molecule has 0 radical (unpaired) electrons. The van der Waals surface area contributed by atoms with Crippen LogP contribution in [0.3, 0.4) is 0 Å². The molecule has 200 valence electrons. The highest BCUT2D eigenvalue weighted by molar-refractivity contribution is 6.51. The van der Waals surface area contributed by atoms with E-state index in [1.165, 1.54) is 89.9 Å². The summed E-state index contributed by atoms with van der Waals surface area (Å²) in [7, 11) is 0. The fourth-order valence-electron chi connectivity index (χ4n) is 5.68. The molecule has 1 aliphatic rings. The van der Waals surface area contributed by atoms with Gasteiger partial charge >= 0.3 is 0 Å². The van der Waals surface area contributed by atoms with Gasteiger partial charge in [-0.2, -0.15) is 0 Å². The Balaban J connectivity index is 1.59. The summed E-state index contributed by atoms with van der Waals surface area (Å²) in [6, 6.07) is 5.11. The van der Waals surface area contributed by atoms with E-state index < -0.39 is 11.8 Å². The highest BCUT2D eigenvalue weighted by atomic mass is 35.5. The Morgan fingerprint density at radius 1 is 0.833 bits per heavy atom. The number of aromatic amines is 1. The maximum atomic E-state index is 13.2. The van der Waals surface area contributed by atoms with Gasteiger partial charge in [0.05, 0.1) is 11.3 Å². The monoisotopic (exact) mass is 514 g/mol. The minimum Gasteiger partial charge on any atom is -0.361 e. The van der Waals surface area contributed by atoms with Crippen molar-refractivity contribution in [2.75, 3.05) is 4.42 Å². The number of fused-ring (bicyclic) bond motifs is 2. The molecule has 3 rings (SSSR count). The molecular weight excluding hydrogens is 468 g/mol. The number of Topliss-reactive ketones (excluding diaryl/α,β-unsaturated/α-hetero) is 2.